The number of carbonyl (C=O) groups excluding carboxylic acids is 1. The molecule has 0 aliphatic heterocycles. The van der Waals surface area contributed by atoms with Crippen LogP contribution in [0.5, 0.6) is 5.75 Å². The summed E-state index contributed by atoms with van der Waals surface area (Å²) in [5, 5.41) is 11.5. The van der Waals surface area contributed by atoms with Crippen LogP contribution >= 0.6 is 15.9 Å². The van der Waals surface area contributed by atoms with Crippen LogP contribution in [0, 0.1) is 11.7 Å². The van der Waals surface area contributed by atoms with E-state index in [1.54, 1.807) is 0 Å². The molecule has 0 saturated heterocycles. The summed E-state index contributed by atoms with van der Waals surface area (Å²) in [5.41, 5.74) is 0. The fraction of sp³-hybridized carbons (Fsp3) is 0.429. The molecule has 1 saturated carbocycles. The smallest absolute Gasteiger partial charge is 0.305 e. The van der Waals surface area contributed by atoms with Gasteiger partial charge in [-0.1, -0.05) is 0 Å². The number of rotatable bonds is 7. The lowest BCUT2D eigenvalue weighted by molar-refractivity contribution is -0.138. The molecule has 1 fully saturated rings. The van der Waals surface area contributed by atoms with Gasteiger partial charge in [0.15, 0.2) is 6.61 Å². The van der Waals surface area contributed by atoms with Crippen molar-refractivity contribution in [1.29, 1.82) is 0 Å². The van der Waals surface area contributed by atoms with E-state index in [0.29, 0.717) is 10.2 Å². The molecule has 1 atom stereocenters. The van der Waals surface area contributed by atoms with Crippen LogP contribution in [-0.4, -0.2) is 29.6 Å². The van der Waals surface area contributed by atoms with Crippen molar-refractivity contribution in [3.63, 3.8) is 0 Å². The number of halogens is 2. The van der Waals surface area contributed by atoms with Crippen LogP contribution < -0.4 is 10.1 Å². The van der Waals surface area contributed by atoms with Crippen molar-refractivity contribution in [2.45, 2.75) is 25.3 Å². The zero-order valence-electron chi connectivity index (χ0n) is 11.1. The van der Waals surface area contributed by atoms with Gasteiger partial charge < -0.3 is 15.2 Å². The molecule has 5 nitrogen and oxygen atoms in total. The number of amides is 1. The van der Waals surface area contributed by atoms with Gasteiger partial charge in [0.1, 0.15) is 11.6 Å². The zero-order valence-corrected chi connectivity index (χ0v) is 12.7. The van der Waals surface area contributed by atoms with Crippen LogP contribution in [0.15, 0.2) is 22.7 Å². The monoisotopic (exact) mass is 359 g/mol. The highest BCUT2D eigenvalue weighted by molar-refractivity contribution is 9.10. The second-order valence-corrected chi connectivity index (χ2v) is 5.83. The fourth-order valence-corrected chi connectivity index (χ4v) is 2.47. The number of aliphatic carboxylic acids is 1. The predicted octanol–water partition coefficient (Wildman–Crippen LogP) is 2.34. The number of carbonyl (C=O) groups is 2. The molecule has 2 rings (SSSR count). The van der Waals surface area contributed by atoms with Gasteiger partial charge in [-0.25, -0.2) is 4.39 Å². The summed E-state index contributed by atoms with van der Waals surface area (Å²) in [6, 6.07) is 3.54. The van der Waals surface area contributed by atoms with E-state index in [4.69, 9.17) is 9.84 Å². The molecule has 0 aromatic heterocycles. The average Bonchev–Trinajstić information content (AvgIpc) is 3.20. The molecule has 0 heterocycles. The van der Waals surface area contributed by atoms with E-state index >= 15 is 0 Å². The minimum absolute atomic E-state index is 0.0867. The van der Waals surface area contributed by atoms with Crippen LogP contribution in [0.25, 0.3) is 0 Å². The average molecular weight is 360 g/mol. The van der Waals surface area contributed by atoms with Gasteiger partial charge in [-0.15, -0.1) is 0 Å². The van der Waals surface area contributed by atoms with E-state index < -0.39 is 11.8 Å². The summed E-state index contributed by atoms with van der Waals surface area (Å²) in [4.78, 5) is 22.6. The molecular formula is C14H15BrFNO4. The van der Waals surface area contributed by atoms with Gasteiger partial charge in [0, 0.05) is 6.04 Å². The summed E-state index contributed by atoms with van der Waals surface area (Å²) >= 11 is 3.14. The van der Waals surface area contributed by atoms with Gasteiger partial charge in [-0.2, -0.15) is 0 Å². The SMILES string of the molecule is O=C(O)CC(NC(=O)COc1ccc(F)cc1Br)C1CC1. The maximum Gasteiger partial charge on any atom is 0.305 e. The number of carboxylic acids is 1. The summed E-state index contributed by atoms with van der Waals surface area (Å²) in [7, 11) is 0. The number of benzene rings is 1. The largest absolute Gasteiger partial charge is 0.483 e. The molecule has 1 amide bonds. The summed E-state index contributed by atoms with van der Waals surface area (Å²) in [6.07, 6.45) is 1.78. The van der Waals surface area contributed by atoms with E-state index in [1.807, 2.05) is 0 Å². The topological polar surface area (TPSA) is 75.6 Å². The first-order valence-electron chi connectivity index (χ1n) is 6.54. The minimum atomic E-state index is -0.936. The second-order valence-electron chi connectivity index (χ2n) is 4.97. The number of nitrogens with one attached hydrogen (secondary N) is 1. The molecule has 0 radical (unpaired) electrons. The molecule has 1 aromatic rings. The lowest BCUT2D eigenvalue weighted by atomic mass is 10.1. The van der Waals surface area contributed by atoms with E-state index in [2.05, 4.69) is 21.2 Å². The Kier molecular flexibility index (Phi) is 5.17. The molecule has 7 heteroatoms. The molecule has 2 N–H and O–H groups in total. The Hall–Kier alpha value is -1.63. The van der Waals surface area contributed by atoms with Gasteiger partial charge in [-0.3, -0.25) is 9.59 Å². The highest BCUT2D eigenvalue weighted by Crippen LogP contribution is 2.34. The van der Waals surface area contributed by atoms with E-state index in [9.17, 15) is 14.0 Å². The van der Waals surface area contributed by atoms with Crippen LogP contribution in [-0.2, 0) is 9.59 Å². The van der Waals surface area contributed by atoms with Crippen molar-refractivity contribution >= 4 is 27.8 Å². The number of ether oxygens (including phenoxy) is 1. The van der Waals surface area contributed by atoms with Gasteiger partial charge in [0.2, 0.25) is 0 Å². The zero-order chi connectivity index (χ0) is 15.4. The molecule has 114 valence electrons. The molecule has 0 spiro atoms. The molecule has 21 heavy (non-hydrogen) atoms. The number of carboxylic acid groups (broad SMARTS) is 1. The van der Waals surface area contributed by atoms with E-state index in [0.717, 1.165) is 12.8 Å². The van der Waals surface area contributed by atoms with Crippen molar-refractivity contribution in [3.8, 4) is 5.75 Å². The Morgan fingerprint density at radius 2 is 2.19 bits per heavy atom. The first kappa shape index (κ1) is 15.8. The number of hydrogen-bond acceptors (Lipinski definition) is 3. The maximum absolute atomic E-state index is 12.9. The lowest BCUT2D eigenvalue weighted by Gasteiger charge is -2.16. The first-order valence-corrected chi connectivity index (χ1v) is 7.34. The van der Waals surface area contributed by atoms with Crippen molar-refractivity contribution in [2.24, 2.45) is 5.92 Å². The Labute approximate surface area is 129 Å². The van der Waals surface area contributed by atoms with Gasteiger partial charge in [0.25, 0.3) is 5.91 Å². The molecule has 1 aromatic carbocycles. The Bertz CT molecular complexity index is 548. The van der Waals surface area contributed by atoms with E-state index in [1.165, 1.54) is 18.2 Å². The predicted molar refractivity (Wildman–Crippen MR) is 76.5 cm³/mol. The standard InChI is InChI=1S/C14H15BrFNO4/c15-10-5-9(16)3-4-12(10)21-7-13(18)17-11(6-14(19)20)8-1-2-8/h3-5,8,11H,1-2,6-7H2,(H,17,18)(H,19,20). The fourth-order valence-electron chi connectivity index (χ4n) is 2.01. The van der Waals surface area contributed by atoms with Crippen LogP contribution in [0.2, 0.25) is 0 Å². The van der Waals surface area contributed by atoms with Gasteiger partial charge in [-0.05, 0) is 52.9 Å². The van der Waals surface area contributed by atoms with Crippen LogP contribution in [0.1, 0.15) is 19.3 Å². The summed E-state index contributed by atoms with van der Waals surface area (Å²) < 4.78 is 18.6. The molecule has 1 aliphatic rings. The first-order chi connectivity index (χ1) is 9.95. The number of hydrogen-bond donors (Lipinski definition) is 2. The van der Waals surface area contributed by atoms with Crippen LogP contribution in [0.3, 0.4) is 0 Å². The Morgan fingerprint density at radius 3 is 2.76 bits per heavy atom. The second kappa shape index (κ2) is 6.89. The Morgan fingerprint density at radius 1 is 1.48 bits per heavy atom. The van der Waals surface area contributed by atoms with Gasteiger partial charge in [0.05, 0.1) is 10.9 Å². The van der Waals surface area contributed by atoms with Crippen molar-refractivity contribution in [1.82, 2.24) is 5.32 Å². The Balaban J connectivity index is 1.84. The minimum Gasteiger partial charge on any atom is -0.483 e. The van der Waals surface area contributed by atoms with Crippen molar-refractivity contribution in [2.75, 3.05) is 6.61 Å². The normalized spacial score (nSPS) is 15.3. The summed E-state index contributed by atoms with van der Waals surface area (Å²) in [6.45, 7) is -0.243. The molecule has 0 bridgehead atoms. The van der Waals surface area contributed by atoms with Crippen LogP contribution in [0.4, 0.5) is 4.39 Å². The highest BCUT2D eigenvalue weighted by Gasteiger charge is 2.33. The third kappa shape index (κ3) is 5.00. The third-order valence-electron chi connectivity index (χ3n) is 3.18. The molecular weight excluding hydrogens is 345 g/mol. The van der Waals surface area contributed by atoms with Gasteiger partial charge >= 0.3 is 5.97 Å². The molecule has 1 aliphatic carbocycles. The van der Waals surface area contributed by atoms with E-state index in [-0.39, 0.29) is 30.9 Å². The maximum atomic E-state index is 12.9. The highest BCUT2D eigenvalue weighted by atomic mass is 79.9. The lowest BCUT2D eigenvalue weighted by Crippen LogP contribution is -2.40. The van der Waals surface area contributed by atoms with Crippen molar-refractivity contribution < 1.29 is 23.8 Å². The molecule has 1 unspecified atom stereocenters. The quantitative estimate of drug-likeness (QED) is 0.783. The summed E-state index contributed by atoms with van der Waals surface area (Å²) in [5.74, 6) is -1.14. The van der Waals surface area contributed by atoms with Crippen molar-refractivity contribution in [3.05, 3.63) is 28.5 Å². The third-order valence-corrected chi connectivity index (χ3v) is 3.80.